The zero-order chi connectivity index (χ0) is 18.6. The zero-order valence-electron chi connectivity index (χ0n) is 15.7. The van der Waals surface area contributed by atoms with Crippen molar-refractivity contribution in [1.29, 1.82) is 5.26 Å². The molecule has 1 heterocycles. The quantitative estimate of drug-likeness (QED) is 0.676. The fourth-order valence-corrected chi connectivity index (χ4v) is 4.00. The lowest BCUT2D eigenvalue weighted by Gasteiger charge is -2.29. The molecule has 0 amide bonds. The first-order valence-corrected chi connectivity index (χ1v) is 10.0. The number of rotatable bonds is 5. The SMILES string of the molecule is CC(C)(C)NSNC1CCC(c2cc(-c3cccc(C#N)c3)n[nH]2)CC1. The molecular weight excluding hydrogens is 342 g/mol. The molecule has 0 saturated heterocycles. The molecule has 0 spiro atoms. The summed E-state index contributed by atoms with van der Waals surface area (Å²) >= 11 is 1.62. The number of aromatic amines is 1. The van der Waals surface area contributed by atoms with Crippen LogP contribution < -0.4 is 9.44 Å². The van der Waals surface area contributed by atoms with Crippen molar-refractivity contribution in [1.82, 2.24) is 19.6 Å². The molecule has 138 valence electrons. The van der Waals surface area contributed by atoms with E-state index in [4.69, 9.17) is 5.26 Å². The van der Waals surface area contributed by atoms with E-state index >= 15 is 0 Å². The Balaban J connectivity index is 1.54. The van der Waals surface area contributed by atoms with Gasteiger partial charge in [-0.15, -0.1) is 0 Å². The van der Waals surface area contributed by atoms with Gasteiger partial charge in [0.15, 0.2) is 0 Å². The number of nitrogens with one attached hydrogen (secondary N) is 3. The summed E-state index contributed by atoms with van der Waals surface area (Å²) < 4.78 is 6.95. The molecule has 0 aliphatic heterocycles. The van der Waals surface area contributed by atoms with Gasteiger partial charge in [0.25, 0.3) is 0 Å². The lowest BCUT2D eigenvalue weighted by Crippen LogP contribution is -2.36. The Kier molecular flexibility index (Phi) is 6.02. The zero-order valence-corrected chi connectivity index (χ0v) is 16.5. The Morgan fingerprint density at radius 3 is 2.65 bits per heavy atom. The second-order valence-electron chi connectivity index (χ2n) is 8.02. The molecule has 1 saturated carbocycles. The lowest BCUT2D eigenvalue weighted by atomic mass is 9.84. The molecule has 0 unspecified atom stereocenters. The van der Waals surface area contributed by atoms with E-state index in [0.717, 1.165) is 24.1 Å². The average Bonchev–Trinajstić information content (AvgIpc) is 3.11. The maximum Gasteiger partial charge on any atom is 0.0991 e. The maximum absolute atomic E-state index is 9.06. The molecule has 5 nitrogen and oxygen atoms in total. The largest absolute Gasteiger partial charge is 0.282 e. The second kappa shape index (κ2) is 8.26. The molecule has 3 N–H and O–H groups in total. The molecule has 1 aliphatic carbocycles. The van der Waals surface area contributed by atoms with E-state index in [9.17, 15) is 0 Å². The maximum atomic E-state index is 9.06. The summed E-state index contributed by atoms with van der Waals surface area (Å²) in [6.45, 7) is 6.50. The summed E-state index contributed by atoms with van der Waals surface area (Å²) in [5, 5.41) is 16.7. The first-order valence-electron chi connectivity index (χ1n) is 9.19. The molecule has 3 rings (SSSR count). The number of nitriles is 1. The summed E-state index contributed by atoms with van der Waals surface area (Å²) in [6.07, 6.45) is 4.66. The third-order valence-corrected chi connectivity index (χ3v) is 5.80. The van der Waals surface area contributed by atoms with Crippen LogP contribution >= 0.6 is 12.1 Å². The van der Waals surface area contributed by atoms with Gasteiger partial charge in [-0.2, -0.15) is 10.4 Å². The molecule has 2 aromatic rings. The van der Waals surface area contributed by atoms with Crippen LogP contribution in [0.2, 0.25) is 0 Å². The van der Waals surface area contributed by atoms with E-state index in [1.54, 1.807) is 12.1 Å². The van der Waals surface area contributed by atoms with Gasteiger partial charge < -0.3 is 0 Å². The van der Waals surface area contributed by atoms with Crippen molar-refractivity contribution < 1.29 is 0 Å². The molecule has 0 atom stereocenters. The fourth-order valence-electron chi connectivity index (χ4n) is 3.23. The van der Waals surface area contributed by atoms with Crippen molar-refractivity contribution >= 4 is 12.1 Å². The average molecular weight is 370 g/mol. The molecule has 1 aromatic heterocycles. The Bertz CT molecular complexity index is 763. The van der Waals surface area contributed by atoms with Crippen molar-refractivity contribution in [3.63, 3.8) is 0 Å². The van der Waals surface area contributed by atoms with Crippen molar-refractivity contribution in [3.05, 3.63) is 41.6 Å². The van der Waals surface area contributed by atoms with Gasteiger partial charge in [0.05, 0.1) is 17.3 Å². The minimum atomic E-state index is 0.115. The van der Waals surface area contributed by atoms with Gasteiger partial charge in [-0.3, -0.25) is 5.10 Å². The predicted molar refractivity (Wildman–Crippen MR) is 107 cm³/mol. The highest BCUT2D eigenvalue weighted by molar-refractivity contribution is 7.95. The van der Waals surface area contributed by atoms with E-state index in [-0.39, 0.29) is 5.54 Å². The highest BCUT2D eigenvalue weighted by Crippen LogP contribution is 2.34. The second-order valence-corrected chi connectivity index (χ2v) is 8.67. The molecular formula is C20H27N5S. The molecule has 0 radical (unpaired) electrons. The van der Waals surface area contributed by atoms with Crippen molar-refractivity contribution in [2.24, 2.45) is 0 Å². The summed E-state index contributed by atoms with van der Waals surface area (Å²) in [5.41, 5.74) is 3.90. The van der Waals surface area contributed by atoms with Crippen molar-refractivity contribution in [2.45, 2.75) is 64.0 Å². The van der Waals surface area contributed by atoms with Crippen molar-refractivity contribution in [3.8, 4) is 17.3 Å². The van der Waals surface area contributed by atoms with Crippen LogP contribution in [0.3, 0.4) is 0 Å². The van der Waals surface area contributed by atoms with E-state index in [1.807, 2.05) is 24.3 Å². The van der Waals surface area contributed by atoms with Gasteiger partial charge >= 0.3 is 0 Å². The van der Waals surface area contributed by atoms with Crippen LogP contribution in [-0.2, 0) is 0 Å². The molecule has 0 bridgehead atoms. The molecule has 1 aromatic carbocycles. The van der Waals surface area contributed by atoms with Crippen molar-refractivity contribution in [2.75, 3.05) is 0 Å². The van der Waals surface area contributed by atoms with Gasteiger partial charge in [-0.25, -0.2) is 9.44 Å². The third-order valence-electron chi connectivity index (χ3n) is 4.63. The van der Waals surface area contributed by atoms with E-state index in [1.165, 1.54) is 18.5 Å². The summed E-state index contributed by atoms with van der Waals surface area (Å²) in [6, 6.07) is 12.5. The molecule has 1 aliphatic rings. The summed E-state index contributed by atoms with van der Waals surface area (Å²) in [7, 11) is 0. The number of hydrogen-bond donors (Lipinski definition) is 3. The van der Waals surface area contributed by atoms with Crippen LogP contribution in [0, 0.1) is 11.3 Å². The van der Waals surface area contributed by atoms with Crippen LogP contribution in [0.4, 0.5) is 0 Å². The molecule has 1 fully saturated rings. The Hall–Kier alpha value is -1.81. The Morgan fingerprint density at radius 1 is 1.19 bits per heavy atom. The highest BCUT2D eigenvalue weighted by Gasteiger charge is 2.24. The summed E-state index contributed by atoms with van der Waals surface area (Å²) in [4.78, 5) is 0. The summed E-state index contributed by atoms with van der Waals surface area (Å²) in [5.74, 6) is 0.536. The molecule has 26 heavy (non-hydrogen) atoms. The van der Waals surface area contributed by atoms with Gasteiger partial charge in [-0.1, -0.05) is 12.1 Å². The lowest BCUT2D eigenvalue weighted by molar-refractivity contribution is 0.375. The fraction of sp³-hybridized carbons (Fsp3) is 0.500. The normalized spacial score (nSPS) is 20.7. The van der Waals surface area contributed by atoms with Crippen LogP contribution in [-0.4, -0.2) is 21.8 Å². The number of H-pyrrole nitrogens is 1. The van der Waals surface area contributed by atoms with E-state index in [0.29, 0.717) is 17.5 Å². The van der Waals surface area contributed by atoms with Crippen LogP contribution in [0.25, 0.3) is 11.3 Å². The highest BCUT2D eigenvalue weighted by atomic mass is 32.2. The van der Waals surface area contributed by atoms with Crippen LogP contribution in [0.5, 0.6) is 0 Å². The number of hydrogen-bond acceptors (Lipinski definition) is 5. The monoisotopic (exact) mass is 369 g/mol. The topological polar surface area (TPSA) is 76.5 Å². The Morgan fingerprint density at radius 2 is 1.96 bits per heavy atom. The number of nitrogens with zero attached hydrogens (tertiary/aromatic N) is 2. The minimum Gasteiger partial charge on any atom is -0.282 e. The predicted octanol–water partition coefficient (Wildman–Crippen LogP) is 4.52. The standard InChI is InChI=1S/C20H27N5S/c1-20(2,3)25-26-24-17-9-7-15(8-10-17)18-12-19(23-22-18)16-6-4-5-14(11-16)13-21/h4-6,11-12,15,17,24-25H,7-10H2,1-3H3,(H,22,23). The smallest absolute Gasteiger partial charge is 0.0991 e. The number of aromatic nitrogens is 2. The first kappa shape index (κ1) is 19.0. The minimum absolute atomic E-state index is 0.115. The molecule has 6 heteroatoms. The van der Waals surface area contributed by atoms with Gasteiger partial charge in [0, 0.05) is 40.9 Å². The van der Waals surface area contributed by atoms with Crippen LogP contribution in [0.1, 0.15) is 63.6 Å². The van der Waals surface area contributed by atoms with Gasteiger partial charge in [0.2, 0.25) is 0 Å². The van der Waals surface area contributed by atoms with Gasteiger partial charge in [0.1, 0.15) is 0 Å². The van der Waals surface area contributed by atoms with Gasteiger partial charge in [-0.05, 0) is 64.7 Å². The van der Waals surface area contributed by atoms with Crippen LogP contribution in [0.15, 0.2) is 30.3 Å². The van der Waals surface area contributed by atoms with E-state index < -0.39 is 0 Å². The number of benzene rings is 1. The first-order chi connectivity index (χ1) is 12.4. The Labute approximate surface area is 160 Å². The van der Waals surface area contributed by atoms with E-state index in [2.05, 4.69) is 52.5 Å². The third kappa shape index (κ3) is 5.10.